The van der Waals surface area contributed by atoms with Crippen LogP contribution in [0, 0.1) is 35.8 Å². The van der Waals surface area contributed by atoms with Crippen molar-refractivity contribution in [2.45, 2.75) is 13.3 Å². The number of hydrogen-bond donors (Lipinski definition) is 0. The van der Waals surface area contributed by atoms with Gasteiger partial charge in [0.05, 0.1) is 38.2 Å². The first-order valence-corrected chi connectivity index (χ1v) is 6.74. The molecule has 1 unspecified atom stereocenters. The smallest absolute Gasteiger partial charge is 0.284 e. The van der Waals surface area contributed by atoms with Crippen molar-refractivity contribution in [1.29, 1.82) is 0 Å². The van der Waals surface area contributed by atoms with E-state index < -0.39 is 37.3 Å². The third-order valence-electron chi connectivity index (χ3n) is 4.33. The molecule has 0 radical (unpaired) electrons. The molecule has 0 aliphatic heterocycles. The highest BCUT2D eigenvalue weighted by Crippen LogP contribution is 2.55. The van der Waals surface area contributed by atoms with E-state index >= 15 is 0 Å². The normalized spacial score (nSPS) is 21.5. The lowest BCUT2D eigenvalue weighted by Gasteiger charge is -2.25. The van der Waals surface area contributed by atoms with Gasteiger partial charge in [-0.2, -0.15) is 0 Å². The van der Waals surface area contributed by atoms with E-state index in [9.17, 15) is 35.1 Å². The second kappa shape index (κ2) is 4.78. The zero-order valence-corrected chi connectivity index (χ0v) is 12.2. The van der Waals surface area contributed by atoms with Crippen LogP contribution < -0.4 is 0 Å². The molecule has 0 N–H and O–H groups in total. The molecule has 24 heavy (non-hydrogen) atoms. The lowest BCUT2D eigenvalue weighted by atomic mass is 9.75. The summed E-state index contributed by atoms with van der Waals surface area (Å²) in [5, 5.41) is 33.3. The third-order valence-corrected chi connectivity index (χ3v) is 4.33. The number of allylic oxidation sites excluding steroid dienone is 4. The second-order valence-electron chi connectivity index (χ2n) is 5.74. The van der Waals surface area contributed by atoms with Crippen LogP contribution >= 0.6 is 0 Å². The maximum absolute atomic E-state index is 12.7. The summed E-state index contributed by atoms with van der Waals surface area (Å²) in [6.45, 7) is 1.45. The minimum atomic E-state index is -1.35. The zero-order chi connectivity index (χ0) is 17.8. The van der Waals surface area contributed by atoms with E-state index in [2.05, 4.69) is 0 Å². The van der Waals surface area contributed by atoms with Gasteiger partial charge in [-0.3, -0.25) is 35.1 Å². The molecule has 10 heteroatoms. The van der Waals surface area contributed by atoms with Crippen molar-refractivity contribution in [2.75, 3.05) is 0 Å². The van der Waals surface area contributed by atoms with Crippen LogP contribution in [0.4, 0.5) is 11.4 Å². The fourth-order valence-corrected chi connectivity index (χ4v) is 3.19. The van der Waals surface area contributed by atoms with Gasteiger partial charge in [-0.25, -0.2) is 0 Å². The van der Waals surface area contributed by atoms with Gasteiger partial charge in [0.1, 0.15) is 0 Å². The standard InChI is InChI=1S/C14H9N3O7/c1-14-6-7(15(19)20)2-3-10(14)12-9(13(14)18)4-8(16(21)22)5-11(12)17(23)24/h2-5H,6H2,1H3. The van der Waals surface area contributed by atoms with E-state index in [-0.39, 0.29) is 28.8 Å². The molecule has 0 amide bonds. The van der Waals surface area contributed by atoms with Gasteiger partial charge < -0.3 is 0 Å². The molecular weight excluding hydrogens is 322 g/mol. The number of nitrogens with zero attached hydrogens (tertiary/aromatic N) is 3. The molecule has 1 aromatic carbocycles. The maximum Gasteiger partial charge on any atom is 0.284 e. The average Bonchev–Trinajstić information content (AvgIpc) is 2.74. The Morgan fingerprint density at radius 2 is 1.67 bits per heavy atom. The summed E-state index contributed by atoms with van der Waals surface area (Å²) >= 11 is 0. The fraction of sp³-hybridized carbons (Fsp3) is 0.214. The minimum absolute atomic E-state index is 0.00301. The second-order valence-corrected chi connectivity index (χ2v) is 5.74. The van der Waals surface area contributed by atoms with Crippen LogP contribution in [0.1, 0.15) is 29.3 Å². The number of non-ortho nitro benzene ring substituents is 1. The number of carbonyl (C=O) groups excluding carboxylic acids is 1. The van der Waals surface area contributed by atoms with E-state index in [4.69, 9.17) is 0 Å². The highest BCUT2D eigenvalue weighted by molar-refractivity contribution is 6.19. The SMILES string of the molecule is CC12CC([N+](=O)[O-])=CC=C1c1c(cc([N+](=O)[O-])cc1[N+](=O)[O-])C2=O. The lowest BCUT2D eigenvalue weighted by molar-refractivity contribution is -0.429. The molecule has 0 aromatic heterocycles. The highest BCUT2D eigenvalue weighted by Gasteiger charge is 2.52. The van der Waals surface area contributed by atoms with Gasteiger partial charge >= 0.3 is 0 Å². The molecule has 0 fully saturated rings. The minimum Gasteiger partial charge on any atom is -0.293 e. The quantitative estimate of drug-likeness (QED) is 0.610. The van der Waals surface area contributed by atoms with E-state index in [1.54, 1.807) is 0 Å². The van der Waals surface area contributed by atoms with Gasteiger partial charge in [0.25, 0.3) is 11.4 Å². The molecule has 0 saturated heterocycles. The Hall–Kier alpha value is -3.43. The molecule has 1 atom stereocenters. The molecule has 0 heterocycles. The van der Waals surface area contributed by atoms with Crippen LogP contribution in [0.5, 0.6) is 0 Å². The summed E-state index contributed by atoms with van der Waals surface area (Å²) in [6, 6.07) is 1.78. The summed E-state index contributed by atoms with van der Waals surface area (Å²) < 4.78 is 0. The van der Waals surface area contributed by atoms with Gasteiger partial charge in [-0.15, -0.1) is 0 Å². The number of nitro groups is 3. The van der Waals surface area contributed by atoms with Crippen molar-refractivity contribution < 1.29 is 19.6 Å². The first-order valence-electron chi connectivity index (χ1n) is 6.74. The van der Waals surface area contributed by atoms with Crippen LogP contribution in [-0.4, -0.2) is 20.6 Å². The number of hydrogen-bond acceptors (Lipinski definition) is 7. The monoisotopic (exact) mass is 331 g/mol. The Morgan fingerprint density at radius 1 is 1.00 bits per heavy atom. The number of nitro benzene ring substituents is 2. The Balaban J connectivity index is 2.32. The number of benzene rings is 1. The summed E-state index contributed by atoms with van der Waals surface area (Å²) in [6.07, 6.45) is 2.28. The van der Waals surface area contributed by atoms with Crippen LogP contribution in [0.3, 0.4) is 0 Å². The molecule has 122 valence electrons. The molecule has 0 saturated carbocycles. The van der Waals surface area contributed by atoms with Crippen LogP contribution in [0.25, 0.3) is 5.57 Å². The Kier molecular flexibility index (Phi) is 3.08. The van der Waals surface area contributed by atoms with E-state index in [1.165, 1.54) is 19.1 Å². The van der Waals surface area contributed by atoms with Crippen molar-refractivity contribution in [3.8, 4) is 0 Å². The van der Waals surface area contributed by atoms with E-state index in [1.807, 2.05) is 0 Å². The Bertz CT molecular complexity index is 915. The highest BCUT2D eigenvalue weighted by atomic mass is 16.6. The topological polar surface area (TPSA) is 146 Å². The molecule has 2 aliphatic carbocycles. The number of Topliss-reactive ketones (excluding diaryl/α,β-unsaturated/α-hetero) is 1. The van der Waals surface area contributed by atoms with Crippen LogP contribution in [0.2, 0.25) is 0 Å². The summed E-state index contributed by atoms with van der Waals surface area (Å²) in [5.74, 6) is -0.594. The third kappa shape index (κ3) is 1.93. The van der Waals surface area contributed by atoms with Gasteiger partial charge in [0, 0.05) is 17.7 Å². The molecular formula is C14H9N3O7. The van der Waals surface area contributed by atoms with Crippen molar-refractivity contribution in [3.63, 3.8) is 0 Å². The summed E-state index contributed by atoms with van der Waals surface area (Å²) in [4.78, 5) is 43.8. The molecule has 10 nitrogen and oxygen atoms in total. The molecule has 1 aromatic rings. The summed E-state index contributed by atoms with van der Waals surface area (Å²) in [5.41, 5.74) is -2.55. The molecule has 3 rings (SSSR count). The number of rotatable bonds is 3. The lowest BCUT2D eigenvalue weighted by Crippen LogP contribution is -2.27. The van der Waals surface area contributed by atoms with Crippen LogP contribution in [-0.2, 0) is 0 Å². The predicted octanol–water partition coefficient (Wildman–Crippen LogP) is 2.65. The van der Waals surface area contributed by atoms with Gasteiger partial charge in [0.15, 0.2) is 5.78 Å². The maximum atomic E-state index is 12.7. The molecule has 0 bridgehead atoms. The average molecular weight is 331 g/mol. The van der Waals surface area contributed by atoms with E-state index in [0.717, 1.165) is 12.1 Å². The number of ketones is 1. The van der Waals surface area contributed by atoms with Gasteiger partial charge in [0.2, 0.25) is 5.70 Å². The van der Waals surface area contributed by atoms with Crippen molar-refractivity contribution in [1.82, 2.24) is 0 Å². The molecule has 0 spiro atoms. The largest absolute Gasteiger partial charge is 0.293 e. The predicted molar refractivity (Wildman–Crippen MR) is 79.9 cm³/mol. The first kappa shape index (κ1) is 15.5. The zero-order valence-electron chi connectivity index (χ0n) is 12.2. The molecule has 2 aliphatic rings. The van der Waals surface area contributed by atoms with Crippen LogP contribution in [0.15, 0.2) is 30.0 Å². The fourth-order valence-electron chi connectivity index (χ4n) is 3.19. The van der Waals surface area contributed by atoms with Gasteiger partial charge in [-0.05, 0) is 12.5 Å². The van der Waals surface area contributed by atoms with Crippen molar-refractivity contribution in [3.05, 3.63) is 71.5 Å². The summed E-state index contributed by atoms with van der Waals surface area (Å²) in [7, 11) is 0. The van der Waals surface area contributed by atoms with Gasteiger partial charge in [-0.1, -0.05) is 6.08 Å². The van der Waals surface area contributed by atoms with Crippen molar-refractivity contribution >= 4 is 22.7 Å². The number of fused-ring (bicyclic) bond motifs is 3. The van der Waals surface area contributed by atoms with Crippen molar-refractivity contribution in [2.24, 2.45) is 5.41 Å². The first-order chi connectivity index (χ1) is 11.2. The van der Waals surface area contributed by atoms with E-state index in [0.29, 0.717) is 0 Å². The Labute approximate surface area is 133 Å². The Morgan fingerprint density at radius 3 is 2.21 bits per heavy atom. The number of carbonyl (C=O) groups is 1.